The first kappa shape index (κ1) is 13.7. The van der Waals surface area contributed by atoms with E-state index in [1.165, 1.54) is 0 Å². The van der Waals surface area contributed by atoms with Crippen molar-refractivity contribution in [3.8, 4) is 0 Å². The van der Waals surface area contributed by atoms with E-state index < -0.39 is 11.9 Å². The van der Waals surface area contributed by atoms with Gasteiger partial charge >= 0.3 is 5.97 Å². The quantitative estimate of drug-likeness (QED) is 0.909. The van der Waals surface area contributed by atoms with E-state index in [1.54, 1.807) is 12.1 Å². The Kier molecular flexibility index (Phi) is 3.64. The van der Waals surface area contributed by atoms with Gasteiger partial charge in [0.15, 0.2) is 5.76 Å². The zero-order valence-electron chi connectivity index (χ0n) is 11.5. The van der Waals surface area contributed by atoms with Crippen molar-refractivity contribution >= 4 is 22.8 Å². The van der Waals surface area contributed by atoms with E-state index in [0.29, 0.717) is 18.4 Å². The van der Waals surface area contributed by atoms with Crippen molar-refractivity contribution in [2.24, 2.45) is 5.92 Å². The smallest absolute Gasteiger partial charge is 0.308 e. The van der Waals surface area contributed by atoms with Crippen LogP contribution >= 0.6 is 0 Å². The topological polar surface area (TPSA) is 79.5 Å². The fourth-order valence-electron chi connectivity index (χ4n) is 2.93. The maximum atomic E-state index is 12.3. The van der Waals surface area contributed by atoms with Crippen LogP contribution in [0.5, 0.6) is 0 Å². The van der Waals surface area contributed by atoms with Crippen molar-refractivity contribution in [1.29, 1.82) is 0 Å². The van der Waals surface area contributed by atoms with E-state index >= 15 is 0 Å². The highest BCUT2D eigenvalue weighted by Crippen LogP contribution is 2.25. The molecule has 0 bridgehead atoms. The molecule has 1 heterocycles. The Morgan fingerprint density at radius 2 is 1.95 bits per heavy atom. The molecule has 0 spiro atoms. The van der Waals surface area contributed by atoms with Gasteiger partial charge in [-0.3, -0.25) is 9.59 Å². The summed E-state index contributed by atoms with van der Waals surface area (Å²) in [4.78, 5) is 23.5. The van der Waals surface area contributed by atoms with Crippen LogP contribution < -0.4 is 5.32 Å². The highest BCUT2D eigenvalue weighted by atomic mass is 16.4. The zero-order chi connectivity index (χ0) is 14.8. The SMILES string of the molecule is O=C(NC1CCCCC1C(=O)O)c1cc2ccccc2o1. The molecule has 21 heavy (non-hydrogen) atoms. The summed E-state index contributed by atoms with van der Waals surface area (Å²) in [7, 11) is 0. The van der Waals surface area contributed by atoms with Crippen molar-refractivity contribution in [1.82, 2.24) is 5.32 Å². The van der Waals surface area contributed by atoms with Gasteiger partial charge in [0.05, 0.1) is 5.92 Å². The van der Waals surface area contributed by atoms with Crippen LogP contribution in [0.3, 0.4) is 0 Å². The first-order valence-electron chi connectivity index (χ1n) is 7.17. The highest BCUT2D eigenvalue weighted by molar-refractivity contribution is 5.96. The molecule has 5 nitrogen and oxygen atoms in total. The second kappa shape index (κ2) is 5.60. The monoisotopic (exact) mass is 287 g/mol. The summed E-state index contributed by atoms with van der Waals surface area (Å²) in [5.41, 5.74) is 0.654. The lowest BCUT2D eigenvalue weighted by Crippen LogP contribution is -2.45. The van der Waals surface area contributed by atoms with Gasteiger partial charge in [-0.1, -0.05) is 31.0 Å². The number of amides is 1. The molecule has 0 radical (unpaired) electrons. The molecule has 2 aromatic rings. The molecule has 1 aromatic heterocycles. The number of para-hydroxylation sites is 1. The predicted molar refractivity (Wildman–Crippen MR) is 77.1 cm³/mol. The van der Waals surface area contributed by atoms with E-state index in [1.807, 2.05) is 18.2 Å². The van der Waals surface area contributed by atoms with Gasteiger partial charge in [0.25, 0.3) is 5.91 Å². The fourth-order valence-corrected chi connectivity index (χ4v) is 2.93. The molecule has 1 saturated carbocycles. The first-order valence-corrected chi connectivity index (χ1v) is 7.17. The molecule has 1 aliphatic carbocycles. The number of rotatable bonds is 3. The standard InChI is InChI=1S/C16H17NO4/c18-15(14-9-10-5-1-4-8-13(10)21-14)17-12-7-3-2-6-11(12)16(19)20/h1,4-5,8-9,11-12H,2-3,6-7H2,(H,17,18)(H,19,20). The minimum Gasteiger partial charge on any atom is -0.481 e. The lowest BCUT2D eigenvalue weighted by Gasteiger charge is -2.28. The third kappa shape index (κ3) is 2.77. The van der Waals surface area contributed by atoms with Crippen molar-refractivity contribution in [3.63, 3.8) is 0 Å². The van der Waals surface area contributed by atoms with Gasteiger partial charge < -0.3 is 14.8 Å². The number of hydrogen-bond donors (Lipinski definition) is 2. The van der Waals surface area contributed by atoms with Gasteiger partial charge in [-0.05, 0) is 25.0 Å². The Hall–Kier alpha value is -2.30. The number of aliphatic carboxylic acids is 1. The van der Waals surface area contributed by atoms with Crippen molar-refractivity contribution in [2.75, 3.05) is 0 Å². The number of furan rings is 1. The Balaban J connectivity index is 1.77. The van der Waals surface area contributed by atoms with Crippen molar-refractivity contribution in [2.45, 2.75) is 31.7 Å². The lowest BCUT2D eigenvalue weighted by molar-refractivity contribution is -0.143. The fraction of sp³-hybridized carbons (Fsp3) is 0.375. The Morgan fingerprint density at radius 3 is 2.71 bits per heavy atom. The van der Waals surface area contributed by atoms with Crippen LogP contribution in [0.15, 0.2) is 34.7 Å². The highest BCUT2D eigenvalue weighted by Gasteiger charge is 2.32. The number of carbonyl (C=O) groups excluding carboxylic acids is 1. The molecule has 5 heteroatoms. The second-order valence-electron chi connectivity index (χ2n) is 5.46. The summed E-state index contributed by atoms with van der Waals surface area (Å²) in [6.07, 6.45) is 3.15. The van der Waals surface area contributed by atoms with Crippen LogP contribution in [-0.2, 0) is 4.79 Å². The molecule has 1 fully saturated rings. The maximum absolute atomic E-state index is 12.3. The average molecular weight is 287 g/mol. The zero-order valence-corrected chi connectivity index (χ0v) is 11.5. The van der Waals surface area contributed by atoms with Gasteiger partial charge in [0.1, 0.15) is 5.58 Å². The Morgan fingerprint density at radius 1 is 1.19 bits per heavy atom. The van der Waals surface area contributed by atoms with Gasteiger partial charge in [0, 0.05) is 11.4 Å². The van der Waals surface area contributed by atoms with E-state index in [4.69, 9.17) is 4.42 Å². The first-order chi connectivity index (χ1) is 10.1. The molecular weight excluding hydrogens is 270 g/mol. The van der Waals surface area contributed by atoms with Gasteiger partial charge in [-0.25, -0.2) is 0 Å². The number of nitrogens with one attached hydrogen (secondary N) is 1. The number of fused-ring (bicyclic) bond motifs is 1. The van der Waals surface area contributed by atoms with Crippen molar-refractivity contribution < 1.29 is 19.1 Å². The maximum Gasteiger partial charge on any atom is 0.308 e. The normalized spacial score (nSPS) is 22.1. The molecule has 2 atom stereocenters. The predicted octanol–water partition coefficient (Wildman–Crippen LogP) is 2.81. The summed E-state index contributed by atoms with van der Waals surface area (Å²) in [5, 5.41) is 12.9. The van der Waals surface area contributed by atoms with Crippen LogP contribution in [-0.4, -0.2) is 23.0 Å². The minimum absolute atomic E-state index is 0.228. The van der Waals surface area contributed by atoms with E-state index in [-0.39, 0.29) is 17.7 Å². The number of carboxylic acids is 1. The largest absolute Gasteiger partial charge is 0.481 e. The summed E-state index contributed by atoms with van der Waals surface area (Å²) >= 11 is 0. The number of carboxylic acid groups (broad SMARTS) is 1. The van der Waals surface area contributed by atoms with E-state index in [9.17, 15) is 14.7 Å². The van der Waals surface area contributed by atoms with Crippen molar-refractivity contribution in [3.05, 3.63) is 36.1 Å². The number of hydrogen-bond acceptors (Lipinski definition) is 3. The van der Waals surface area contributed by atoms with Crippen LogP contribution in [0, 0.1) is 5.92 Å². The summed E-state index contributed by atoms with van der Waals surface area (Å²) in [5.74, 6) is -1.47. The van der Waals surface area contributed by atoms with E-state index in [2.05, 4.69) is 5.32 Å². The number of benzene rings is 1. The van der Waals surface area contributed by atoms with Gasteiger partial charge in [0.2, 0.25) is 0 Å². The summed E-state index contributed by atoms with van der Waals surface area (Å²) in [6, 6.07) is 8.75. The van der Waals surface area contributed by atoms with Gasteiger partial charge in [-0.15, -0.1) is 0 Å². The minimum atomic E-state index is -0.843. The molecule has 2 unspecified atom stereocenters. The third-order valence-electron chi connectivity index (χ3n) is 4.05. The molecular formula is C16H17NO4. The Labute approximate surface area is 121 Å². The summed E-state index contributed by atoms with van der Waals surface area (Å²) in [6.45, 7) is 0. The molecule has 2 N–H and O–H groups in total. The third-order valence-corrected chi connectivity index (χ3v) is 4.05. The Bertz CT molecular complexity index is 643. The van der Waals surface area contributed by atoms with Crippen LogP contribution in [0.4, 0.5) is 0 Å². The van der Waals surface area contributed by atoms with E-state index in [0.717, 1.165) is 18.2 Å². The molecule has 1 amide bonds. The van der Waals surface area contributed by atoms with Crippen LogP contribution in [0.2, 0.25) is 0 Å². The molecule has 1 aromatic carbocycles. The second-order valence-corrected chi connectivity index (χ2v) is 5.46. The molecule has 1 aliphatic rings. The van der Waals surface area contributed by atoms with Gasteiger partial charge in [-0.2, -0.15) is 0 Å². The lowest BCUT2D eigenvalue weighted by atomic mass is 9.84. The summed E-state index contributed by atoms with van der Waals surface area (Å²) < 4.78 is 5.51. The van der Waals surface area contributed by atoms with Crippen LogP contribution in [0.25, 0.3) is 11.0 Å². The number of carbonyl (C=O) groups is 2. The molecule has 0 aliphatic heterocycles. The molecule has 3 rings (SSSR count). The molecule has 0 saturated heterocycles. The average Bonchev–Trinajstić information content (AvgIpc) is 2.91. The van der Waals surface area contributed by atoms with Crippen LogP contribution in [0.1, 0.15) is 36.2 Å². The molecule has 110 valence electrons.